The van der Waals surface area contributed by atoms with E-state index in [0.29, 0.717) is 13.1 Å². The summed E-state index contributed by atoms with van der Waals surface area (Å²) in [5.41, 5.74) is 0.858. The topological polar surface area (TPSA) is 63.0 Å². The Morgan fingerprint density at radius 2 is 2.27 bits per heavy atom. The predicted octanol–water partition coefficient (Wildman–Crippen LogP) is 2.60. The van der Waals surface area contributed by atoms with Crippen LogP contribution in [0.1, 0.15) is 18.2 Å². The minimum Gasteiger partial charge on any atom is -0.384 e. The molecule has 3 heterocycles. The first-order valence-corrected chi connectivity index (χ1v) is 8.71. The Balaban J connectivity index is 1.57. The molecule has 1 unspecified atom stereocenters. The highest BCUT2D eigenvalue weighted by molar-refractivity contribution is 7.20. The molecule has 0 radical (unpaired) electrons. The maximum absolute atomic E-state index is 10.5. The standard InChI is InChI=1S/C15H18N4OS2/c1-15(20,11-6-17-19(2)8-11)10-16-7-12-9-22-14(18-12)13-4-3-5-21-13/h3-6,8-9,16,20H,7,10H2,1-2H3. The number of nitrogens with zero attached hydrogens (tertiary/aromatic N) is 3. The fourth-order valence-electron chi connectivity index (χ4n) is 2.14. The SMILES string of the molecule is Cn1cc(C(C)(O)CNCc2csc(-c3cccs3)n2)cn1. The van der Waals surface area contributed by atoms with Gasteiger partial charge in [0, 0.05) is 37.3 Å². The summed E-state index contributed by atoms with van der Waals surface area (Å²) in [5, 5.41) is 23.0. The second kappa shape index (κ2) is 6.29. The van der Waals surface area contributed by atoms with Gasteiger partial charge in [-0.05, 0) is 18.4 Å². The molecule has 5 nitrogen and oxygen atoms in total. The van der Waals surface area contributed by atoms with E-state index in [1.54, 1.807) is 40.5 Å². The van der Waals surface area contributed by atoms with Gasteiger partial charge in [-0.2, -0.15) is 5.10 Å². The summed E-state index contributed by atoms with van der Waals surface area (Å²) in [6.07, 6.45) is 3.53. The lowest BCUT2D eigenvalue weighted by molar-refractivity contribution is 0.0565. The Labute approximate surface area is 137 Å². The fraction of sp³-hybridized carbons (Fsp3) is 0.333. The van der Waals surface area contributed by atoms with Gasteiger partial charge in [0.25, 0.3) is 0 Å². The highest BCUT2D eigenvalue weighted by Crippen LogP contribution is 2.27. The maximum Gasteiger partial charge on any atom is 0.133 e. The molecule has 2 N–H and O–H groups in total. The zero-order valence-electron chi connectivity index (χ0n) is 12.5. The van der Waals surface area contributed by atoms with Crippen molar-refractivity contribution in [1.29, 1.82) is 0 Å². The van der Waals surface area contributed by atoms with Crippen molar-refractivity contribution in [1.82, 2.24) is 20.1 Å². The maximum atomic E-state index is 10.5. The highest BCUT2D eigenvalue weighted by Gasteiger charge is 2.24. The molecule has 7 heteroatoms. The summed E-state index contributed by atoms with van der Waals surface area (Å²) in [4.78, 5) is 5.81. The van der Waals surface area contributed by atoms with Crippen molar-refractivity contribution in [2.75, 3.05) is 6.54 Å². The molecular formula is C15H18N4OS2. The second-order valence-electron chi connectivity index (χ2n) is 5.40. The molecule has 0 aliphatic rings. The van der Waals surface area contributed by atoms with Crippen molar-refractivity contribution in [3.05, 3.63) is 46.5 Å². The number of thiophene rings is 1. The molecule has 3 aromatic heterocycles. The normalized spacial score (nSPS) is 14.1. The summed E-state index contributed by atoms with van der Waals surface area (Å²) in [6.45, 7) is 2.87. The molecular weight excluding hydrogens is 316 g/mol. The Morgan fingerprint density at radius 1 is 1.41 bits per heavy atom. The van der Waals surface area contributed by atoms with Crippen molar-refractivity contribution in [2.24, 2.45) is 7.05 Å². The summed E-state index contributed by atoms with van der Waals surface area (Å²) in [7, 11) is 1.84. The number of hydrogen-bond donors (Lipinski definition) is 2. The van der Waals surface area contributed by atoms with Crippen LogP contribution in [-0.4, -0.2) is 26.4 Å². The van der Waals surface area contributed by atoms with Gasteiger partial charge >= 0.3 is 0 Å². The van der Waals surface area contributed by atoms with Crippen molar-refractivity contribution < 1.29 is 5.11 Å². The van der Waals surface area contributed by atoms with E-state index in [9.17, 15) is 5.11 Å². The molecule has 0 aromatic carbocycles. The number of nitrogens with one attached hydrogen (secondary N) is 1. The van der Waals surface area contributed by atoms with Crippen LogP contribution in [0.4, 0.5) is 0 Å². The van der Waals surface area contributed by atoms with E-state index >= 15 is 0 Å². The van der Waals surface area contributed by atoms with Gasteiger partial charge in [0.2, 0.25) is 0 Å². The molecule has 116 valence electrons. The number of aromatic nitrogens is 3. The zero-order valence-corrected chi connectivity index (χ0v) is 14.1. The smallest absolute Gasteiger partial charge is 0.133 e. The van der Waals surface area contributed by atoms with Crippen LogP contribution in [-0.2, 0) is 19.2 Å². The monoisotopic (exact) mass is 334 g/mol. The highest BCUT2D eigenvalue weighted by atomic mass is 32.1. The van der Waals surface area contributed by atoms with E-state index < -0.39 is 5.60 Å². The number of thiazole rings is 1. The van der Waals surface area contributed by atoms with Gasteiger partial charge in [0.15, 0.2) is 0 Å². The molecule has 0 aliphatic carbocycles. The zero-order chi connectivity index (χ0) is 15.6. The molecule has 3 rings (SSSR count). The van der Waals surface area contributed by atoms with Crippen LogP contribution in [0.3, 0.4) is 0 Å². The summed E-state index contributed by atoms with van der Waals surface area (Å²) < 4.78 is 1.69. The molecule has 0 fully saturated rings. The van der Waals surface area contributed by atoms with Gasteiger partial charge in [-0.25, -0.2) is 4.98 Å². The fourth-order valence-corrected chi connectivity index (χ4v) is 3.77. The number of aryl methyl sites for hydroxylation is 1. The lowest BCUT2D eigenvalue weighted by Gasteiger charge is -2.22. The van der Waals surface area contributed by atoms with E-state index in [1.165, 1.54) is 4.88 Å². The summed E-state index contributed by atoms with van der Waals surface area (Å²) in [6, 6.07) is 4.11. The van der Waals surface area contributed by atoms with E-state index in [1.807, 2.05) is 19.3 Å². The summed E-state index contributed by atoms with van der Waals surface area (Å²) in [5.74, 6) is 0. The molecule has 0 bridgehead atoms. The average Bonchev–Trinajstić information content (AvgIpc) is 3.18. The minimum atomic E-state index is -0.944. The number of rotatable bonds is 6. The third kappa shape index (κ3) is 3.44. The van der Waals surface area contributed by atoms with Gasteiger partial charge in [-0.3, -0.25) is 4.68 Å². The largest absolute Gasteiger partial charge is 0.384 e. The third-order valence-electron chi connectivity index (χ3n) is 3.39. The number of hydrogen-bond acceptors (Lipinski definition) is 6. The Kier molecular flexibility index (Phi) is 4.39. The van der Waals surface area contributed by atoms with E-state index in [0.717, 1.165) is 16.3 Å². The van der Waals surface area contributed by atoms with Crippen LogP contribution in [0, 0.1) is 0 Å². The van der Waals surface area contributed by atoms with Crippen molar-refractivity contribution in [2.45, 2.75) is 19.1 Å². The van der Waals surface area contributed by atoms with E-state index in [-0.39, 0.29) is 0 Å². The summed E-state index contributed by atoms with van der Waals surface area (Å²) >= 11 is 3.34. The van der Waals surface area contributed by atoms with Crippen LogP contribution in [0.2, 0.25) is 0 Å². The Bertz CT molecular complexity index is 730. The van der Waals surface area contributed by atoms with Crippen LogP contribution < -0.4 is 5.32 Å². The quantitative estimate of drug-likeness (QED) is 0.727. The van der Waals surface area contributed by atoms with Crippen LogP contribution in [0.5, 0.6) is 0 Å². The van der Waals surface area contributed by atoms with Crippen LogP contribution in [0.15, 0.2) is 35.3 Å². The molecule has 3 aromatic rings. The van der Waals surface area contributed by atoms with E-state index in [2.05, 4.69) is 32.2 Å². The van der Waals surface area contributed by atoms with Crippen molar-refractivity contribution in [3.8, 4) is 9.88 Å². The number of aliphatic hydroxyl groups is 1. The first-order valence-electron chi connectivity index (χ1n) is 6.95. The van der Waals surface area contributed by atoms with Gasteiger partial charge in [0.05, 0.1) is 16.8 Å². The van der Waals surface area contributed by atoms with Gasteiger partial charge in [0.1, 0.15) is 10.6 Å². The molecule has 22 heavy (non-hydrogen) atoms. The van der Waals surface area contributed by atoms with Gasteiger partial charge < -0.3 is 10.4 Å². The third-order valence-corrected chi connectivity index (χ3v) is 5.32. The second-order valence-corrected chi connectivity index (χ2v) is 7.21. The lowest BCUT2D eigenvalue weighted by atomic mass is 10.00. The first kappa shape index (κ1) is 15.4. The van der Waals surface area contributed by atoms with Crippen molar-refractivity contribution >= 4 is 22.7 Å². The molecule has 1 atom stereocenters. The Hall–Kier alpha value is -1.54. The molecule has 0 saturated carbocycles. The average molecular weight is 334 g/mol. The molecule has 0 aliphatic heterocycles. The van der Waals surface area contributed by atoms with E-state index in [4.69, 9.17) is 0 Å². The van der Waals surface area contributed by atoms with Crippen LogP contribution >= 0.6 is 22.7 Å². The van der Waals surface area contributed by atoms with Crippen LogP contribution in [0.25, 0.3) is 9.88 Å². The first-order chi connectivity index (χ1) is 10.5. The van der Waals surface area contributed by atoms with Crippen molar-refractivity contribution in [3.63, 3.8) is 0 Å². The van der Waals surface area contributed by atoms with Gasteiger partial charge in [-0.15, -0.1) is 22.7 Å². The lowest BCUT2D eigenvalue weighted by Crippen LogP contribution is -2.34. The van der Waals surface area contributed by atoms with Gasteiger partial charge in [-0.1, -0.05) is 6.07 Å². The molecule has 0 spiro atoms. The minimum absolute atomic E-state index is 0.449. The molecule has 0 saturated heterocycles. The molecule has 0 amide bonds. The Morgan fingerprint density at radius 3 is 2.95 bits per heavy atom. The predicted molar refractivity (Wildman–Crippen MR) is 89.9 cm³/mol.